The fraction of sp³-hybridized carbons (Fsp3) is 0.704. The molecule has 0 radical (unpaired) electrons. The van der Waals surface area contributed by atoms with Gasteiger partial charge >= 0.3 is 0 Å². The van der Waals surface area contributed by atoms with Crippen molar-refractivity contribution in [1.82, 2.24) is 0 Å². The molecule has 8 aliphatic rings. The summed E-state index contributed by atoms with van der Waals surface area (Å²) in [6.45, 7) is 2.04. The van der Waals surface area contributed by atoms with Gasteiger partial charge in [0.2, 0.25) is 0 Å². The second-order valence-corrected chi connectivity index (χ2v) is 14.0. The van der Waals surface area contributed by atoms with Crippen LogP contribution in [0.1, 0.15) is 63.4 Å². The molecule has 9 rings (SSSR count). The second-order valence-electron chi connectivity index (χ2n) is 11.9. The quantitative estimate of drug-likeness (QED) is 0.551. The van der Waals surface area contributed by atoms with E-state index in [1.54, 1.807) is 5.57 Å². The maximum atomic E-state index is 13.9. The van der Waals surface area contributed by atoms with E-state index in [-0.39, 0.29) is 5.25 Å². The second kappa shape index (κ2) is 6.24. The van der Waals surface area contributed by atoms with Gasteiger partial charge in [0.25, 0.3) is 0 Å². The Hall–Kier alpha value is -1.09. The molecule has 0 saturated heterocycles. The molecule has 0 spiro atoms. The minimum atomic E-state index is -3.27. The van der Waals surface area contributed by atoms with Crippen LogP contribution in [0.2, 0.25) is 0 Å². The maximum absolute atomic E-state index is 13.9. The van der Waals surface area contributed by atoms with Crippen molar-refractivity contribution in [3.63, 3.8) is 0 Å². The predicted octanol–water partition coefficient (Wildman–Crippen LogP) is 5.96. The molecular weight excluding hydrogens is 388 g/mol. The lowest BCUT2D eigenvalue weighted by Gasteiger charge is -2.59. The number of rotatable bonds is 2. The van der Waals surface area contributed by atoms with Gasteiger partial charge in [-0.15, -0.1) is 0 Å². The molecule has 8 fully saturated rings. The maximum Gasteiger partial charge on any atom is 0.182 e. The van der Waals surface area contributed by atoms with E-state index in [1.807, 2.05) is 36.8 Å². The van der Waals surface area contributed by atoms with Crippen LogP contribution >= 0.6 is 0 Å². The lowest BCUT2D eigenvalue weighted by molar-refractivity contribution is 0.0435. The number of benzene rings is 1. The summed E-state index contributed by atoms with van der Waals surface area (Å²) in [4.78, 5) is 0.569. The van der Waals surface area contributed by atoms with Crippen LogP contribution in [0.3, 0.4) is 0 Å². The molecule has 1 aromatic carbocycles. The van der Waals surface area contributed by atoms with Crippen molar-refractivity contribution in [2.45, 2.75) is 74.9 Å². The molecule has 3 heteroatoms. The average molecular weight is 423 g/mol. The van der Waals surface area contributed by atoms with Gasteiger partial charge in [-0.25, -0.2) is 8.42 Å². The Bertz CT molecular complexity index is 987. The largest absolute Gasteiger partial charge is 0.223 e. The summed E-state index contributed by atoms with van der Waals surface area (Å²) in [6.07, 6.45) is 11.9. The molecule has 0 aliphatic heterocycles. The topological polar surface area (TPSA) is 34.1 Å². The molecule has 5 atom stereocenters. The Morgan fingerprint density at radius 1 is 0.667 bits per heavy atom. The molecule has 0 unspecified atom stereocenters. The number of sulfone groups is 1. The minimum Gasteiger partial charge on any atom is -0.223 e. The van der Waals surface area contributed by atoms with Gasteiger partial charge in [-0.05, 0) is 124 Å². The van der Waals surface area contributed by atoms with E-state index in [0.717, 1.165) is 54.4 Å². The van der Waals surface area contributed by atoms with E-state index < -0.39 is 9.84 Å². The van der Waals surface area contributed by atoms with Crippen molar-refractivity contribution in [3.05, 3.63) is 41.0 Å². The SMILES string of the molecule is Cc1ccc(S(=O)(=O)[C@H]2[C@H]3C[C@@H]4C[C@H](C3)C(=C3C5CC6CC(C5)CC3C6)[C@@H]2C4)cc1. The summed E-state index contributed by atoms with van der Waals surface area (Å²) >= 11 is 0. The summed E-state index contributed by atoms with van der Waals surface area (Å²) in [5, 5.41) is -0.160. The van der Waals surface area contributed by atoms with Crippen LogP contribution in [0.4, 0.5) is 0 Å². The number of hydrogen-bond acceptors (Lipinski definition) is 2. The summed E-state index contributed by atoms with van der Waals surface area (Å²) in [5.74, 6) is 5.75. The van der Waals surface area contributed by atoms with Gasteiger partial charge in [0.1, 0.15) is 0 Å². The van der Waals surface area contributed by atoms with Gasteiger partial charge < -0.3 is 0 Å². The van der Waals surface area contributed by atoms with Crippen molar-refractivity contribution < 1.29 is 8.42 Å². The van der Waals surface area contributed by atoms with Crippen molar-refractivity contribution in [2.75, 3.05) is 0 Å². The zero-order valence-electron chi connectivity index (χ0n) is 18.1. The highest BCUT2D eigenvalue weighted by Gasteiger charge is 2.58. The first kappa shape index (κ1) is 18.5. The number of allylic oxidation sites excluding steroid dienone is 2. The first-order chi connectivity index (χ1) is 14.5. The molecule has 8 bridgehead atoms. The molecular formula is C27H34O2S. The van der Waals surface area contributed by atoms with Crippen LogP contribution in [0.25, 0.3) is 0 Å². The van der Waals surface area contributed by atoms with Crippen LogP contribution in [0.15, 0.2) is 40.3 Å². The minimum absolute atomic E-state index is 0.160. The van der Waals surface area contributed by atoms with E-state index in [4.69, 9.17) is 0 Å². The Balaban J connectivity index is 1.34. The fourth-order valence-corrected chi connectivity index (χ4v) is 11.8. The first-order valence-electron chi connectivity index (χ1n) is 12.5. The Morgan fingerprint density at radius 3 is 1.87 bits per heavy atom. The van der Waals surface area contributed by atoms with E-state index in [1.165, 1.54) is 38.5 Å². The van der Waals surface area contributed by atoms with Crippen LogP contribution in [-0.2, 0) is 9.84 Å². The van der Waals surface area contributed by atoms with Crippen LogP contribution in [-0.4, -0.2) is 13.7 Å². The normalized spacial score (nSPS) is 46.1. The van der Waals surface area contributed by atoms with Crippen molar-refractivity contribution in [2.24, 2.45) is 47.3 Å². The zero-order valence-corrected chi connectivity index (χ0v) is 18.9. The molecule has 8 saturated carbocycles. The van der Waals surface area contributed by atoms with Gasteiger partial charge in [-0.3, -0.25) is 0 Å². The highest BCUT2D eigenvalue weighted by atomic mass is 32.2. The summed E-state index contributed by atoms with van der Waals surface area (Å²) in [5.41, 5.74) is 4.66. The van der Waals surface area contributed by atoms with E-state index >= 15 is 0 Å². The van der Waals surface area contributed by atoms with Crippen LogP contribution in [0.5, 0.6) is 0 Å². The molecule has 8 aliphatic carbocycles. The predicted molar refractivity (Wildman–Crippen MR) is 119 cm³/mol. The van der Waals surface area contributed by atoms with Crippen molar-refractivity contribution >= 4 is 9.84 Å². The Labute approximate surface area is 181 Å². The first-order valence-corrected chi connectivity index (χ1v) is 14.1. The molecule has 0 heterocycles. The highest BCUT2D eigenvalue weighted by molar-refractivity contribution is 7.92. The molecule has 160 valence electrons. The molecule has 0 aromatic heterocycles. The summed E-state index contributed by atoms with van der Waals surface area (Å²) < 4.78 is 27.9. The van der Waals surface area contributed by atoms with Gasteiger partial charge in [0.05, 0.1) is 10.1 Å². The standard InChI is InChI=1S/C27H34O2S/c1-15-2-4-23(5-3-15)30(28,29)27-22-12-18-11-21(14-22)26(24(27)13-18)25-19-7-16-6-17(9-19)10-20(25)8-16/h2-5,16-22,24,27H,6-14H2,1H3/t16?,17?,18-,19?,20?,21+,22-,24-,27-/m0/s1. The summed E-state index contributed by atoms with van der Waals surface area (Å²) in [7, 11) is -3.27. The average Bonchev–Trinajstić information content (AvgIpc) is 2.68. The lowest BCUT2D eigenvalue weighted by atomic mass is 9.48. The van der Waals surface area contributed by atoms with Gasteiger partial charge in [0.15, 0.2) is 9.84 Å². The molecule has 0 amide bonds. The van der Waals surface area contributed by atoms with Crippen molar-refractivity contribution in [1.29, 1.82) is 0 Å². The smallest absolute Gasteiger partial charge is 0.182 e. The van der Waals surface area contributed by atoms with E-state index in [2.05, 4.69) is 0 Å². The highest BCUT2D eigenvalue weighted by Crippen LogP contribution is 2.64. The van der Waals surface area contributed by atoms with Gasteiger partial charge in [0, 0.05) is 0 Å². The molecule has 0 N–H and O–H groups in total. The van der Waals surface area contributed by atoms with Crippen LogP contribution in [0, 0.1) is 54.3 Å². The fourth-order valence-electron chi connectivity index (χ4n) is 9.60. The summed E-state index contributed by atoms with van der Waals surface area (Å²) in [6, 6.07) is 7.68. The monoisotopic (exact) mass is 422 g/mol. The van der Waals surface area contributed by atoms with E-state index in [0.29, 0.717) is 22.6 Å². The third-order valence-electron chi connectivity index (χ3n) is 10.2. The third kappa shape index (κ3) is 2.51. The van der Waals surface area contributed by atoms with E-state index in [9.17, 15) is 8.42 Å². The zero-order chi connectivity index (χ0) is 20.2. The number of aryl methyl sites for hydroxylation is 1. The van der Waals surface area contributed by atoms with Gasteiger partial charge in [-0.2, -0.15) is 0 Å². The Morgan fingerprint density at radius 2 is 1.23 bits per heavy atom. The third-order valence-corrected chi connectivity index (χ3v) is 12.5. The Kier molecular flexibility index (Phi) is 3.84. The van der Waals surface area contributed by atoms with Gasteiger partial charge in [-0.1, -0.05) is 28.8 Å². The lowest BCUT2D eigenvalue weighted by Crippen LogP contribution is -2.54. The molecule has 30 heavy (non-hydrogen) atoms. The van der Waals surface area contributed by atoms with Crippen LogP contribution < -0.4 is 0 Å². The molecule has 2 nitrogen and oxygen atoms in total. The van der Waals surface area contributed by atoms with Crippen molar-refractivity contribution in [3.8, 4) is 0 Å². The molecule has 1 aromatic rings. The number of hydrogen-bond donors (Lipinski definition) is 0.